The second-order valence-electron chi connectivity index (χ2n) is 2.96. The van der Waals surface area contributed by atoms with Crippen LogP contribution in [0.3, 0.4) is 0 Å². The van der Waals surface area contributed by atoms with Gasteiger partial charge in [-0.25, -0.2) is 0 Å². The lowest BCUT2D eigenvalue weighted by atomic mass is 10.1. The minimum Gasteiger partial charge on any atom is -0.0857 e. The molecule has 0 spiro atoms. The molecule has 0 heterocycles. The summed E-state index contributed by atoms with van der Waals surface area (Å²) in [6.07, 6.45) is 4.67. The topological polar surface area (TPSA) is 0 Å². The van der Waals surface area contributed by atoms with Crippen LogP contribution in [0.5, 0.6) is 0 Å². The van der Waals surface area contributed by atoms with Crippen LogP contribution in [-0.2, 0) is 0 Å². The van der Waals surface area contributed by atoms with E-state index in [9.17, 15) is 0 Å². The first-order valence-corrected chi connectivity index (χ1v) is 3.59. The quantitative estimate of drug-likeness (QED) is 0.401. The third-order valence-corrected chi connectivity index (χ3v) is 1.21. The van der Waals surface area contributed by atoms with Gasteiger partial charge in [-0.1, -0.05) is 11.6 Å². The zero-order valence-electron chi connectivity index (χ0n) is 6.78. The van der Waals surface area contributed by atoms with Gasteiger partial charge in [0.15, 0.2) is 0 Å². The molecule has 1 unspecified atom stereocenters. The molecular formula is C9H17+. The lowest BCUT2D eigenvalue weighted by molar-refractivity contribution is 0.652. The van der Waals surface area contributed by atoms with Gasteiger partial charge in [-0.2, -0.15) is 0 Å². The molecule has 0 saturated carbocycles. The zero-order chi connectivity index (χ0) is 7.28. The molecule has 0 nitrogen and oxygen atoms in total. The van der Waals surface area contributed by atoms with Crippen LogP contribution in [0.2, 0.25) is 0 Å². The minimum absolute atomic E-state index is 0.598. The van der Waals surface area contributed by atoms with Crippen LogP contribution >= 0.6 is 0 Å². The summed E-state index contributed by atoms with van der Waals surface area (Å²) in [5.74, 6) is 0.598. The van der Waals surface area contributed by atoms with E-state index >= 15 is 0 Å². The number of rotatable bonds is 3. The van der Waals surface area contributed by atoms with E-state index in [1.165, 1.54) is 18.4 Å². The van der Waals surface area contributed by atoms with Gasteiger partial charge in [0.05, 0.1) is 12.8 Å². The number of hydrogen-bond acceptors (Lipinski definition) is 0. The van der Waals surface area contributed by atoms with Crippen LogP contribution in [0.15, 0.2) is 11.6 Å². The first-order chi connectivity index (χ1) is 4.13. The highest BCUT2D eigenvalue weighted by atomic mass is 14.0. The zero-order valence-corrected chi connectivity index (χ0v) is 6.78. The minimum atomic E-state index is 0.598. The predicted molar refractivity (Wildman–Crippen MR) is 43.2 cm³/mol. The molecular weight excluding hydrogens is 108 g/mol. The Kier molecular flexibility index (Phi) is 4.29. The second kappa shape index (κ2) is 4.49. The molecule has 0 aromatic rings. The normalized spacial score (nSPS) is 12.8. The van der Waals surface area contributed by atoms with Crippen molar-refractivity contribution >= 4 is 0 Å². The van der Waals surface area contributed by atoms with E-state index in [0.717, 1.165) is 0 Å². The van der Waals surface area contributed by atoms with Crippen molar-refractivity contribution in [3.8, 4) is 0 Å². The summed E-state index contributed by atoms with van der Waals surface area (Å²) < 4.78 is 0. The van der Waals surface area contributed by atoms with Gasteiger partial charge in [-0.3, -0.25) is 0 Å². The largest absolute Gasteiger partial charge is 0.0927 e. The van der Waals surface area contributed by atoms with Gasteiger partial charge >= 0.3 is 0 Å². The van der Waals surface area contributed by atoms with Gasteiger partial charge < -0.3 is 0 Å². The molecule has 0 radical (unpaired) electrons. The van der Waals surface area contributed by atoms with E-state index in [1.807, 2.05) is 0 Å². The summed E-state index contributed by atoms with van der Waals surface area (Å²) in [6, 6.07) is 0. The smallest absolute Gasteiger partial charge is 0.0857 e. The molecule has 0 bridgehead atoms. The standard InChI is InChI=1S/C9H17/c1-8(2)6-5-7-9(3)4/h7-8H,1,5-6H2,2-4H3/q+1. The van der Waals surface area contributed by atoms with E-state index in [2.05, 4.69) is 33.8 Å². The van der Waals surface area contributed by atoms with Gasteiger partial charge in [-0.15, -0.1) is 0 Å². The molecule has 0 amide bonds. The van der Waals surface area contributed by atoms with Crippen LogP contribution < -0.4 is 0 Å². The Balaban J connectivity index is 3.20. The lowest BCUT2D eigenvalue weighted by Gasteiger charge is -1.93. The highest BCUT2D eigenvalue weighted by molar-refractivity contribution is 4.92. The number of allylic oxidation sites excluding steroid dienone is 2. The van der Waals surface area contributed by atoms with Crippen molar-refractivity contribution in [2.45, 2.75) is 33.6 Å². The van der Waals surface area contributed by atoms with Crippen LogP contribution in [0.25, 0.3) is 0 Å². The van der Waals surface area contributed by atoms with Crippen LogP contribution in [0, 0.1) is 12.8 Å². The number of hydrogen-bond donors (Lipinski definition) is 0. The third-order valence-electron chi connectivity index (χ3n) is 1.21. The molecule has 52 valence electrons. The Labute approximate surface area is 59.0 Å². The fraction of sp³-hybridized carbons (Fsp3) is 0.667. The Hall–Kier alpha value is -0.390. The van der Waals surface area contributed by atoms with Crippen LogP contribution in [0.4, 0.5) is 0 Å². The molecule has 0 aliphatic rings. The summed E-state index contributed by atoms with van der Waals surface area (Å²) in [7, 11) is 0. The van der Waals surface area contributed by atoms with Crippen LogP contribution in [-0.4, -0.2) is 0 Å². The predicted octanol–water partition coefficient (Wildman–Crippen LogP) is 3.20. The molecule has 0 aromatic heterocycles. The van der Waals surface area contributed by atoms with Crippen molar-refractivity contribution in [2.75, 3.05) is 0 Å². The molecule has 0 saturated heterocycles. The van der Waals surface area contributed by atoms with Gasteiger partial charge in [0.2, 0.25) is 0 Å². The van der Waals surface area contributed by atoms with Gasteiger partial charge in [-0.05, 0) is 33.6 Å². The van der Waals surface area contributed by atoms with Crippen molar-refractivity contribution in [2.24, 2.45) is 5.92 Å². The second-order valence-corrected chi connectivity index (χ2v) is 2.96. The van der Waals surface area contributed by atoms with E-state index in [1.54, 1.807) is 0 Å². The Morgan fingerprint density at radius 3 is 2.44 bits per heavy atom. The summed E-state index contributed by atoms with van der Waals surface area (Å²) in [5, 5.41) is 0. The highest BCUT2D eigenvalue weighted by Crippen LogP contribution is 2.04. The fourth-order valence-corrected chi connectivity index (χ4v) is 0.657. The third kappa shape index (κ3) is 7.61. The summed E-state index contributed by atoms with van der Waals surface area (Å²) in [5.41, 5.74) is 1.41. The monoisotopic (exact) mass is 125 g/mol. The molecule has 0 heteroatoms. The van der Waals surface area contributed by atoms with Crippen molar-refractivity contribution in [1.29, 1.82) is 0 Å². The summed E-state index contributed by atoms with van der Waals surface area (Å²) in [6.45, 7) is 10.3. The summed E-state index contributed by atoms with van der Waals surface area (Å²) >= 11 is 0. The maximum absolute atomic E-state index is 3.91. The van der Waals surface area contributed by atoms with Gasteiger partial charge in [0.25, 0.3) is 0 Å². The maximum Gasteiger partial charge on any atom is 0.0927 e. The molecule has 0 aromatic carbocycles. The first kappa shape index (κ1) is 8.61. The van der Waals surface area contributed by atoms with Crippen molar-refractivity contribution in [1.82, 2.24) is 0 Å². The van der Waals surface area contributed by atoms with Crippen LogP contribution in [0.1, 0.15) is 33.6 Å². The Morgan fingerprint density at radius 1 is 1.56 bits per heavy atom. The van der Waals surface area contributed by atoms with E-state index in [0.29, 0.717) is 5.92 Å². The SMILES string of the molecule is [CH2+]C(C)CCC=C(C)C. The van der Waals surface area contributed by atoms with E-state index < -0.39 is 0 Å². The molecule has 1 atom stereocenters. The lowest BCUT2D eigenvalue weighted by Crippen LogP contribution is -1.84. The van der Waals surface area contributed by atoms with Crippen molar-refractivity contribution in [3.63, 3.8) is 0 Å². The van der Waals surface area contributed by atoms with E-state index in [-0.39, 0.29) is 0 Å². The average molecular weight is 125 g/mol. The molecule has 0 rings (SSSR count). The molecule has 0 fully saturated rings. The van der Waals surface area contributed by atoms with Gasteiger partial charge in [0.1, 0.15) is 0 Å². The Morgan fingerprint density at radius 2 is 2.11 bits per heavy atom. The van der Waals surface area contributed by atoms with Crippen molar-refractivity contribution in [3.05, 3.63) is 18.6 Å². The fourth-order valence-electron chi connectivity index (χ4n) is 0.657. The molecule has 0 aliphatic carbocycles. The average Bonchev–Trinajstić information content (AvgIpc) is 1.63. The van der Waals surface area contributed by atoms with E-state index in [4.69, 9.17) is 0 Å². The highest BCUT2D eigenvalue weighted by Gasteiger charge is 1.96. The molecule has 0 N–H and O–H groups in total. The van der Waals surface area contributed by atoms with Crippen molar-refractivity contribution < 1.29 is 0 Å². The molecule has 9 heavy (non-hydrogen) atoms. The first-order valence-electron chi connectivity index (χ1n) is 3.59. The Bertz CT molecular complexity index is 84.2. The summed E-state index contributed by atoms with van der Waals surface area (Å²) in [4.78, 5) is 0. The molecule has 0 aliphatic heterocycles. The van der Waals surface area contributed by atoms with Gasteiger partial charge in [0, 0.05) is 0 Å². The maximum atomic E-state index is 3.91.